The first-order valence-electron chi connectivity index (χ1n) is 6.91. The number of hydrogen-bond acceptors (Lipinski definition) is 4. The van der Waals surface area contributed by atoms with Gasteiger partial charge in [0.25, 0.3) is 0 Å². The first kappa shape index (κ1) is 14.5. The summed E-state index contributed by atoms with van der Waals surface area (Å²) in [4.78, 5) is 2.19. The van der Waals surface area contributed by atoms with Gasteiger partial charge < -0.3 is 19.8 Å². The number of nitrogens with zero attached hydrogens (tertiary/aromatic N) is 1. The Labute approximate surface area is 114 Å². The van der Waals surface area contributed by atoms with Crippen LogP contribution in [0.4, 0.5) is 0 Å². The van der Waals surface area contributed by atoms with Crippen molar-refractivity contribution < 1.29 is 14.9 Å². The van der Waals surface area contributed by atoms with Gasteiger partial charge in [-0.3, -0.25) is 0 Å². The summed E-state index contributed by atoms with van der Waals surface area (Å²) in [7, 11) is 0. The van der Waals surface area contributed by atoms with Gasteiger partial charge >= 0.3 is 0 Å². The zero-order valence-corrected chi connectivity index (χ0v) is 11.2. The number of hydrogen-bond donors (Lipinski definition) is 2. The summed E-state index contributed by atoms with van der Waals surface area (Å²) in [6.07, 6.45) is 0.565. The van der Waals surface area contributed by atoms with Gasteiger partial charge in [-0.1, -0.05) is 30.3 Å². The van der Waals surface area contributed by atoms with E-state index in [2.05, 4.69) is 4.90 Å². The number of rotatable bonds is 7. The van der Waals surface area contributed by atoms with Crippen LogP contribution in [0.25, 0.3) is 0 Å². The standard InChI is InChI=1S/C15H23NO3/c17-10-14-6-7-16(8-14)9-15(18)12-19-11-13-4-2-1-3-5-13/h1-5,14-15,17-18H,6-12H2. The van der Waals surface area contributed by atoms with Gasteiger partial charge in [0, 0.05) is 19.7 Å². The number of aliphatic hydroxyl groups excluding tert-OH is 2. The maximum absolute atomic E-state index is 9.92. The van der Waals surface area contributed by atoms with Crippen molar-refractivity contribution in [1.82, 2.24) is 4.90 Å². The Hall–Kier alpha value is -0.940. The summed E-state index contributed by atoms with van der Waals surface area (Å²) in [5, 5.41) is 19.0. The van der Waals surface area contributed by atoms with Gasteiger partial charge in [-0.05, 0) is 24.4 Å². The Morgan fingerprint density at radius 2 is 2.11 bits per heavy atom. The zero-order chi connectivity index (χ0) is 13.5. The van der Waals surface area contributed by atoms with E-state index in [4.69, 9.17) is 9.84 Å². The molecule has 4 heteroatoms. The fourth-order valence-corrected chi connectivity index (χ4v) is 2.47. The molecule has 0 aromatic heterocycles. The molecule has 1 aromatic rings. The molecular weight excluding hydrogens is 242 g/mol. The number of aliphatic hydroxyl groups is 2. The lowest BCUT2D eigenvalue weighted by Crippen LogP contribution is -2.33. The largest absolute Gasteiger partial charge is 0.396 e. The molecule has 2 N–H and O–H groups in total. The normalized spacial score (nSPS) is 21.7. The monoisotopic (exact) mass is 265 g/mol. The second-order valence-electron chi connectivity index (χ2n) is 5.25. The number of benzene rings is 1. The second-order valence-corrected chi connectivity index (χ2v) is 5.25. The first-order chi connectivity index (χ1) is 9.28. The maximum atomic E-state index is 9.92. The quantitative estimate of drug-likeness (QED) is 0.768. The molecule has 0 amide bonds. The van der Waals surface area contributed by atoms with Gasteiger partial charge in [0.15, 0.2) is 0 Å². The topological polar surface area (TPSA) is 52.9 Å². The van der Waals surface area contributed by atoms with Crippen LogP contribution in [0.5, 0.6) is 0 Å². The molecule has 0 spiro atoms. The van der Waals surface area contributed by atoms with Crippen molar-refractivity contribution in [3.63, 3.8) is 0 Å². The van der Waals surface area contributed by atoms with Gasteiger partial charge in [0.05, 0.1) is 19.3 Å². The highest BCUT2D eigenvalue weighted by molar-refractivity contribution is 5.13. The van der Waals surface area contributed by atoms with Crippen molar-refractivity contribution in [1.29, 1.82) is 0 Å². The Kier molecular flexibility index (Phi) is 5.79. The Morgan fingerprint density at radius 3 is 2.79 bits per heavy atom. The predicted molar refractivity (Wildman–Crippen MR) is 73.7 cm³/mol. The van der Waals surface area contributed by atoms with E-state index < -0.39 is 6.10 Å². The molecule has 0 radical (unpaired) electrons. The molecule has 1 aliphatic heterocycles. The molecule has 1 saturated heterocycles. The SMILES string of the molecule is OCC1CCN(CC(O)COCc2ccccc2)C1. The van der Waals surface area contributed by atoms with E-state index in [0.29, 0.717) is 25.7 Å². The van der Waals surface area contributed by atoms with Crippen LogP contribution in [-0.4, -0.2) is 54.1 Å². The molecule has 19 heavy (non-hydrogen) atoms. The molecule has 1 heterocycles. The molecule has 0 bridgehead atoms. The van der Waals surface area contributed by atoms with Crippen molar-refractivity contribution in [2.45, 2.75) is 19.1 Å². The number of ether oxygens (including phenoxy) is 1. The predicted octanol–water partition coefficient (Wildman–Crippen LogP) is 0.878. The van der Waals surface area contributed by atoms with Crippen LogP contribution in [-0.2, 0) is 11.3 Å². The van der Waals surface area contributed by atoms with E-state index in [1.165, 1.54) is 0 Å². The maximum Gasteiger partial charge on any atom is 0.0900 e. The molecule has 0 aliphatic carbocycles. The van der Waals surface area contributed by atoms with Crippen LogP contribution in [0.2, 0.25) is 0 Å². The second kappa shape index (κ2) is 7.60. The molecule has 2 atom stereocenters. The van der Waals surface area contributed by atoms with E-state index in [0.717, 1.165) is 25.1 Å². The third-order valence-corrected chi connectivity index (χ3v) is 3.52. The average molecular weight is 265 g/mol. The van der Waals surface area contributed by atoms with Gasteiger partial charge in [-0.15, -0.1) is 0 Å². The van der Waals surface area contributed by atoms with Gasteiger partial charge in [0.2, 0.25) is 0 Å². The Bertz CT molecular complexity index is 358. The van der Waals surface area contributed by atoms with Crippen molar-refractivity contribution in [2.24, 2.45) is 5.92 Å². The van der Waals surface area contributed by atoms with E-state index in [1.54, 1.807) is 0 Å². The van der Waals surface area contributed by atoms with E-state index >= 15 is 0 Å². The molecule has 1 fully saturated rings. The average Bonchev–Trinajstić information content (AvgIpc) is 2.87. The highest BCUT2D eigenvalue weighted by atomic mass is 16.5. The van der Waals surface area contributed by atoms with E-state index in [9.17, 15) is 5.11 Å². The van der Waals surface area contributed by atoms with Gasteiger partial charge in [-0.25, -0.2) is 0 Å². The Morgan fingerprint density at radius 1 is 1.32 bits per heavy atom. The highest BCUT2D eigenvalue weighted by Crippen LogP contribution is 2.15. The van der Waals surface area contributed by atoms with Crippen molar-refractivity contribution in [3.05, 3.63) is 35.9 Å². The summed E-state index contributed by atoms with van der Waals surface area (Å²) < 4.78 is 5.52. The van der Waals surface area contributed by atoms with E-state index in [1.807, 2.05) is 30.3 Å². The van der Waals surface area contributed by atoms with Crippen LogP contribution >= 0.6 is 0 Å². The van der Waals surface area contributed by atoms with Crippen LogP contribution in [0.3, 0.4) is 0 Å². The van der Waals surface area contributed by atoms with Crippen LogP contribution in [0, 0.1) is 5.92 Å². The van der Waals surface area contributed by atoms with Gasteiger partial charge in [0.1, 0.15) is 0 Å². The molecule has 1 aliphatic rings. The third-order valence-electron chi connectivity index (χ3n) is 3.52. The summed E-state index contributed by atoms with van der Waals surface area (Å²) in [6, 6.07) is 9.96. The fraction of sp³-hybridized carbons (Fsp3) is 0.600. The summed E-state index contributed by atoms with van der Waals surface area (Å²) in [6.45, 7) is 3.61. The smallest absolute Gasteiger partial charge is 0.0900 e. The minimum Gasteiger partial charge on any atom is -0.396 e. The fourth-order valence-electron chi connectivity index (χ4n) is 2.47. The first-order valence-corrected chi connectivity index (χ1v) is 6.91. The van der Waals surface area contributed by atoms with Crippen LogP contribution in [0.15, 0.2) is 30.3 Å². The van der Waals surface area contributed by atoms with E-state index in [-0.39, 0.29) is 6.61 Å². The lowest BCUT2D eigenvalue weighted by Gasteiger charge is -2.19. The molecule has 106 valence electrons. The zero-order valence-electron chi connectivity index (χ0n) is 11.2. The highest BCUT2D eigenvalue weighted by Gasteiger charge is 2.23. The molecule has 2 rings (SSSR count). The summed E-state index contributed by atoms with van der Waals surface area (Å²) in [5.74, 6) is 0.373. The molecule has 1 aromatic carbocycles. The number of likely N-dealkylation sites (tertiary alicyclic amines) is 1. The third kappa shape index (κ3) is 4.91. The lowest BCUT2D eigenvalue weighted by molar-refractivity contribution is 0.0125. The molecule has 2 unspecified atom stereocenters. The minimum atomic E-state index is -0.457. The molecule has 4 nitrogen and oxygen atoms in total. The Balaban J connectivity index is 1.61. The number of β-amino-alcohol motifs (C(OH)–C–C–N with tert-alkyl or cyclic N) is 1. The van der Waals surface area contributed by atoms with Crippen molar-refractivity contribution in [2.75, 3.05) is 32.8 Å². The molecule has 0 saturated carbocycles. The molecular formula is C15H23NO3. The van der Waals surface area contributed by atoms with Crippen LogP contribution < -0.4 is 0 Å². The van der Waals surface area contributed by atoms with Crippen LogP contribution in [0.1, 0.15) is 12.0 Å². The van der Waals surface area contributed by atoms with Gasteiger partial charge in [-0.2, -0.15) is 0 Å². The lowest BCUT2D eigenvalue weighted by atomic mass is 10.1. The minimum absolute atomic E-state index is 0.247. The summed E-state index contributed by atoms with van der Waals surface area (Å²) >= 11 is 0. The summed E-state index contributed by atoms with van der Waals surface area (Å²) in [5.41, 5.74) is 1.12. The van der Waals surface area contributed by atoms with Crippen molar-refractivity contribution >= 4 is 0 Å². The van der Waals surface area contributed by atoms with Crippen molar-refractivity contribution in [3.8, 4) is 0 Å².